The Morgan fingerprint density at radius 2 is 1.86 bits per heavy atom. The molecular formula is C19H20N4O5S. The third-order valence-electron chi connectivity index (χ3n) is 3.87. The number of hydrogen-bond acceptors (Lipinski definition) is 6. The first kappa shape index (κ1) is 21.8. The topological polar surface area (TPSA) is 123 Å². The van der Waals surface area contributed by atoms with Crippen molar-refractivity contribution in [3.05, 3.63) is 69.8 Å². The molecule has 0 aromatic heterocycles. The van der Waals surface area contributed by atoms with Gasteiger partial charge < -0.3 is 4.74 Å². The average molecular weight is 416 g/mol. The van der Waals surface area contributed by atoms with E-state index in [-0.39, 0.29) is 22.5 Å². The number of ether oxygens (including phenoxy) is 1. The Kier molecular flexibility index (Phi) is 7.61. The van der Waals surface area contributed by atoms with Gasteiger partial charge in [0.1, 0.15) is 11.3 Å². The number of rotatable bonds is 6. The van der Waals surface area contributed by atoms with E-state index in [1.165, 1.54) is 24.3 Å². The van der Waals surface area contributed by atoms with Crippen LogP contribution in [0.3, 0.4) is 0 Å². The summed E-state index contributed by atoms with van der Waals surface area (Å²) in [6.45, 7) is 3.91. The molecule has 0 fully saturated rings. The Labute approximate surface area is 172 Å². The van der Waals surface area contributed by atoms with Gasteiger partial charge in [-0.3, -0.25) is 35.9 Å². The second kappa shape index (κ2) is 10.1. The van der Waals surface area contributed by atoms with Crippen LogP contribution in [0.15, 0.2) is 48.5 Å². The normalized spacial score (nSPS) is 11.1. The fraction of sp³-hybridized carbons (Fsp3) is 0.211. The summed E-state index contributed by atoms with van der Waals surface area (Å²) < 4.78 is 5.68. The van der Waals surface area contributed by atoms with Crippen molar-refractivity contribution >= 4 is 34.8 Å². The molecule has 3 N–H and O–H groups in total. The molecule has 0 spiro atoms. The largest absolute Gasteiger partial charge is 0.491 e. The van der Waals surface area contributed by atoms with E-state index in [4.69, 9.17) is 17.0 Å². The summed E-state index contributed by atoms with van der Waals surface area (Å²) in [4.78, 5) is 34.8. The second-order valence-corrected chi connectivity index (χ2v) is 6.41. The van der Waals surface area contributed by atoms with Crippen LogP contribution >= 0.6 is 12.2 Å². The summed E-state index contributed by atoms with van der Waals surface area (Å²) in [6.07, 6.45) is 0.831. The zero-order chi connectivity index (χ0) is 21.4. The molecule has 2 amide bonds. The molecule has 2 aromatic rings. The number of carbonyl (C=O) groups is 2. The minimum atomic E-state index is -0.766. The highest BCUT2D eigenvalue weighted by molar-refractivity contribution is 7.80. The van der Waals surface area contributed by atoms with E-state index in [1.54, 1.807) is 24.3 Å². The van der Waals surface area contributed by atoms with Crippen molar-refractivity contribution in [2.45, 2.75) is 26.4 Å². The molecule has 10 heteroatoms. The summed E-state index contributed by atoms with van der Waals surface area (Å²) in [7, 11) is 0. The van der Waals surface area contributed by atoms with Crippen LogP contribution in [0.5, 0.6) is 5.75 Å². The lowest BCUT2D eigenvalue weighted by Crippen LogP contribution is -2.48. The molecule has 9 nitrogen and oxygen atoms in total. The minimum absolute atomic E-state index is 0.00769. The van der Waals surface area contributed by atoms with Crippen LogP contribution in [0.2, 0.25) is 0 Å². The molecule has 0 saturated heterocycles. The maximum Gasteiger partial charge on any atom is 0.282 e. The van der Waals surface area contributed by atoms with Crippen LogP contribution < -0.4 is 20.9 Å². The molecule has 152 valence electrons. The maximum atomic E-state index is 12.3. The lowest BCUT2D eigenvalue weighted by Gasteiger charge is -2.14. The Bertz CT molecular complexity index is 934. The van der Waals surface area contributed by atoms with E-state index in [0.717, 1.165) is 6.42 Å². The molecule has 29 heavy (non-hydrogen) atoms. The van der Waals surface area contributed by atoms with Gasteiger partial charge >= 0.3 is 0 Å². The molecule has 0 saturated carbocycles. The van der Waals surface area contributed by atoms with Crippen molar-refractivity contribution in [3.8, 4) is 5.75 Å². The van der Waals surface area contributed by atoms with Gasteiger partial charge in [0.25, 0.3) is 17.5 Å². The van der Waals surface area contributed by atoms with Gasteiger partial charge in [0.05, 0.1) is 11.0 Å². The van der Waals surface area contributed by atoms with E-state index < -0.39 is 16.7 Å². The standard InChI is InChI=1S/C19H20N4O5S/c1-3-12(2)28-14-8-6-7-13(11-14)17(24)20-19(29)22-21-18(25)15-9-4-5-10-16(15)23(26)27/h4-12H,3H2,1-2H3,(H,21,25)(H2,20,22,24,29). The molecule has 0 aliphatic heterocycles. The monoisotopic (exact) mass is 416 g/mol. The molecular weight excluding hydrogens is 396 g/mol. The second-order valence-electron chi connectivity index (χ2n) is 6.00. The molecule has 1 atom stereocenters. The van der Waals surface area contributed by atoms with Crippen LogP contribution in [0, 0.1) is 10.1 Å². The number of benzene rings is 2. The number of para-hydroxylation sites is 1. The van der Waals surface area contributed by atoms with Crippen molar-refractivity contribution in [2.75, 3.05) is 0 Å². The smallest absolute Gasteiger partial charge is 0.282 e. The summed E-state index contributed by atoms with van der Waals surface area (Å²) in [5.41, 5.74) is 4.40. The van der Waals surface area contributed by atoms with Crippen molar-refractivity contribution in [3.63, 3.8) is 0 Å². The van der Waals surface area contributed by atoms with Crippen LogP contribution in [-0.2, 0) is 0 Å². The van der Waals surface area contributed by atoms with E-state index in [0.29, 0.717) is 11.3 Å². The number of nitro benzene ring substituents is 1. The number of hydrogen-bond donors (Lipinski definition) is 3. The first-order valence-corrected chi connectivity index (χ1v) is 9.14. The molecule has 0 heterocycles. The molecule has 0 aliphatic carbocycles. The molecule has 0 bridgehead atoms. The van der Waals surface area contributed by atoms with Gasteiger partial charge in [-0.2, -0.15) is 0 Å². The number of carbonyl (C=O) groups excluding carboxylic acids is 2. The molecule has 0 radical (unpaired) electrons. The lowest BCUT2D eigenvalue weighted by atomic mass is 10.2. The van der Waals surface area contributed by atoms with Crippen LogP contribution in [-0.4, -0.2) is 28.0 Å². The van der Waals surface area contributed by atoms with Gasteiger partial charge in [-0.25, -0.2) is 0 Å². The summed E-state index contributed by atoms with van der Waals surface area (Å²) >= 11 is 4.98. The Hall–Kier alpha value is -3.53. The Morgan fingerprint density at radius 1 is 1.14 bits per heavy atom. The van der Waals surface area contributed by atoms with Crippen molar-refractivity contribution in [2.24, 2.45) is 0 Å². The summed E-state index contributed by atoms with van der Waals surface area (Å²) in [5, 5.41) is 13.2. The molecule has 2 aromatic carbocycles. The summed E-state index contributed by atoms with van der Waals surface area (Å²) in [6, 6.07) is 12.1. The van der Waals surface area contributed by atoms with Gasteiger partial charge in [-0.05, 0) is 49.8 Å². The molecule has 1 unspecified atom stereocenters. The molecule has 0 aliphatic rings. The van der Waals surface area contributed by atoms with Crippen molar-refractivity contribution < 1.29 is 19.2 Å². The van der Waals surface area contributed by atoms with Gasteiger partial charge in [0.2, 0.25) is 0 Å². The number of nitrogens with one attached hydrogen (secondary N) is 3. The first-order valence-electron chi connectivity index (χ1n) is 8.73. The van der Waals surface area contributed by atoms with Crippen molar-refractivity contribution in [1.82, 2.24) is 16.2 Å². The average Bonchev–Trinajstić information content (AvgIpc) is 2.72. The van der Waals surface area contributed by atoms with Crippen LogP contribution in [0.25, 0.3) is 0 Å². The van der Waals surface area contributed by atoms with Gasteiger partial charge in [0, 0.05) is 11.6 Å². The van der Waals surface area contributed by atoms with E-state index in [9.17, 15) is 19.7 Å². The number of thiocarbonyl (C=S) groups is 1. The van der Waals surface area contributed by atoms with E-state index in [2.05, 4.69) is 16.2 Å². The number of amides is 2. The Morgan fingerprint density at radius 3 is 2.55 bits per heavy atom. The third-order valence-corrected chi connectivity index (χ3v) is 4.07. The highest BCUT2D eigenvalue weighted by atomic mass is 32.1. The van der Waals surface area contributed by atoms with Crippen molar-refractivity contribution in [1.29, 1.82) is 0 Å². The molecule has 2 rings (SSSR count). The lowest BCUT2D eigenvalue weighted by molar-refractivity contribution is -0.385. The number of nitrogens with zero attached hydrogens (tertiary/aromatic N) is 1. The van der Waals surface area contributed by atoms with Gasteiger partial charge in [-0.15, -0.1) is 0 Å². The van der Waals surface area contributed by atoms with Gasteiger partial charge in [0.15, 0.2) is 5.11 Å². The quantitative estimate of drug-likeness (QED) is 0.376. The van der Waals surface area contributed by atoms with Crippen LogP contribution in [0.1, 0.15) is 41.0 Å². The fourth-order valence-corrected chi connectivity index (χ4v) is 2.38. The van der Waals surface area contributed by atoms with Crippen LogP contribution in [0.4, 0.5) is 5.69 Å². The number of hydrazine groups is 1. The minimum Gasteiger partial charge on any atom is -0.491 e. The predicted molar refractivity (Wildman–Crippen MR) is 111 cm³/mol. The SMILES string of the molecule is CCC(C)Oc1cccc(C(=O)NC(=S)NNC(=O)c2ccccc2[N+](=O)[O-])c1. The number of nitro groups is 1. The zero-order valence-corrected chi connectivity index (χ0v) is 16.6. The van der Waals surface area contributed by atoms with Gasteiger partial charge in [-0.1, -0.05) is 25.1 Å². The highest BCUT2D eigenvalue weighted by Crippen LogP contribution is 2.17. The fourth-order valence-electron chi connectivity index (χ4n) is 2.24. The Balaban J connectivity index is 1.94. The van der Waals surface area contributed by atoms with E-state index in [1.807, 2.05) is 13.8 Å². The zero-order valence-electron chi connectivity index (χ0n) is 15.8. The van der Waals surface area contributed by atoms with E-state index >= 15 is 0 Å². The maximum absolute atomic E-state index is 12.3. The summed E-state index contributed by atoms with van der Waals surface area (Å²) in [5.74, 6) is -0.717. The first-order chi connectivity index (χ1) is 13.8. The predicted octanol–water partition coefficient (Wildman–Crippen LogP) is 2.72. The highest BCUT2D eigenvalue weighted by Gasteiger charge is 2.19. The third kappa shape index (κ3) is 6.25.